The van der Waals surface area contributed by atoms with Crippen LogP contribution in [0.3, 0.4) is 0 Å². The summed E-state index contributed by atoms with van der Waals surface area (Å²) >= 11 is 0. The van der Waals surface area contributed by atoms with E-state index in [-0.39, 0.29) is 5.41 Å². The molecule has 0 unspecified atom stereocenters. The highest BCUT2D eigenvalue weighted by atomic mass is 14.5. The molecule has 0 aliphatic rings. The number of aryl methyl sites for hydroxylation is 2. The lowest BCUT2D eigenvalue weighted by molar-refractivity contribution is 0.640. The molecular weight excluding hydrogens is 218 g/mol. The Morgan fingerprint density at radius 2 is 1.33 bits per heavy atom. The van der Waals surface area contributed by atoms with Gasteiger partial charge in [-0.1, -0.05) is 44.2 Å². The van der Waals surface area contributed by atoms with Crippen LogP contribution in [0.2, 0.25) is 0 Å². The van der Waals surface area contributed by atoms with Crippen LogP contribution in [0.25, 0.3) is 0 Å². The monoisotopic (exact) mass is 239 g/mol. The maximum Gasteiger partial charge on any atom is 0.0314 e. The lowest BCUT2D eigenvalue weighted by Gasteiger charge is -2.27. The van der Waals surface area contributed by atoms with Gasteiger partial charge in [0, 0.05) is 11.1 Å². The lowest BCUT2D eigenvalue weighted by Crippen LogP contribution is -2.19. The van der Waals surface area contributed by atoms with Crippen LogP contribution in [0.4, 0.5) is 5.69 Å². The predicted molar refractivity (Wildman–Crippen MR) is 78.9 cm³/mol. The molecule has 0 aliphatic heterocycles. The van der Waals surface area contributed by atoms with Crippen LogP contribution >= 0.6 is 0 Å². The van der Waals surface area contributed by atoms with E-state index >= 15 is 0 Å². The summed E-state index contributed by atoms with van der Waals surface area (Å²) < 4.78 is 0. The topological polar surface area (TPSA) is 26.0 Å². The Labute approximate surface area is 110 Å². The average molecular weight is 239 g/mol. The zero-order chi connectivity index (χ0) is 13.3. The molecule has 2 rings (SSSR count). The van der Waals surface area contributed by atoms with Crippen molar-refractivity contribution in [3.8, 4) is 0 Å². The fourth-order valence-electron chi connectivity index (χ4n) is 2.20. The minimum atomic E-state index is 0.00611. The highest BCUT2D eigenvalue weighted by molar-refractivity contribution is 5.46. The van der Waals surface area contributed by atoms with Crippen molar-refractivity contribution in [1.29, 1.82) is 0 Å². The first-order valence-electron chi connectivity index (χ1n) is 6.35. The summed E-state index contributed by atoms with van der Waals surface area (Å²) in [4.78, 5) is 0. The van der Waals surface area contributed by atoms with Crippen LogP contribution in [0.5, 0.6) is 0 Å². The third kappa shape index (κ3) is 2.26. The van der Waals surface area contributed by atoms with Gasteiger partial charge < -0.3 is 5.73 Å². The molecular formula is C17H21N. The molecule has 2 aromatic rings. The highest BCUT2D eigenvalue weighted by Crippen LogP contribution is 2.32. The minimum Gasteiger partial charge on any atom is -0.399 e. The quantitative estimate of drug-likeness (QED) is 0.780. The third-order valence-electron chi connectivity index (χ3n) is 3.86. The largest absolute Gasteiger partial charge is 0.399 e. The fourth-order valence-corrected chi connectivity index (χ4v) is 2.20. The van der Waals surface area contributed by atoms with E-state index in [0.717, 1.165) is 5.69 Å². The van der Waals surface area contributed by atoms with Crippen LogP contribution in [-0.2, 0) is 5.41 Å². The zero-order valence-corrected chi connectivity index (χ0v) is 11.6. The van der Waals surface area contributed by atoms with Crippen molar-refractivity contribution in [3.63, 3.8) is 0 Å². The number of nitrogen functional groups attached to an aromatic ring is 1. The van der Waals surface area contributed by atoms with Crippen molar-refractivity contribution in [2.24, 2.45) is 0 Å². The Balaban J connectivity index is 2.46. The molecule has 0 aromatic heterocycles. The van der Waals surface area contributed by atoms with Crippen LogP contribution in [0.15, 0.2) is 42.5 Å². The molecule has 94 valence electrons. The molecule has 2 aromatic carbocycles. The van der Waals surface area contributed by atoms with Gasteiger partial charge in [-0.3, -0.25) is 0 Å². The van der Waals surface area contributed by atoms with Gasteiger partial charge in [-0.25, -0.2) is 0 Å². The maximum atomic E-state index is 5.75. The Hall–Kier alpha value is -1.76. The zero-order valence-electron chi connectivity index (χ0n) is 11.6. The predicted octanol–water partition coefficient (Wildman–Crippen LogP) is 4.21. The van der Waals surface area contributed by atoms with Gasteiger partial charge in [0.15, 0.2) is 0 Å². The molecule has 0 spiro atoms. The average Bonchev–Trinajstić information content (AvgIpc) is 2.33. The highest BCUT2D eigenvalue weighted by Gasteiger charge is 2.23. The van der Waals surface area contributed by atoms with Crippen LogP contribution in [0, 0.1) is 13.8 Å². The molecule has 0 aliphatic carbocycles. The minimum absolute atomic E-state index is 0.00611. The van der Waals surface area contributed by atoms with Gasteiger partial charge in [0.1, 0.15) is 0 Å². The van der Waals surface area contributed by atoms with Gasteiger partial charge in [-0.05, 0) is 48.2 Å². The van der Waals surface area contributed by atoms with E-state index in [1.165, 1.54) is 22.3 Å². The van der Waals surface area contributed by atoms with E-state index in [1.807, 2.05) is 12.1 Å². The summed E-state index contributed by atoms with van der Waals surface area (Å²) in [5, 5.41) is 0. The van der Waals surface area contributed by atoms with Gasteiger partial charge in [0.2, 0.25) is 0 Å². The van der Waals surface area contributed by atoms with E-state index < -0.39 is 0 Å². The van der Waals surface area contributed by atoms with Gasteiger partial charge in [-0.2, -0.15) is 0 Å². The van der Waals surface area contributed by atoms with E-state index in [0.29, 0.717) is 0 Å². The Bertz CT molecular complexity index is 550. The van der Waals surface area contributed by atoms with Crippen molar-refractivity contribution in [3.05, 3.63) is 64.7 Å². The second kappa shape index (κ2) is 4.49. The molecule has 0 saturated carbocycles. The summed E-state index contributed by atoms with van der Waals surface area (Å²) in [6.07, 6.45) is 0. The number of anilines is 1. The molecule has 0 radical (unpaired) electrons. The van der Waals surface area contributed by atoms with Crippen molar-refractivity contribution in [2.45, 2.75) is 33.1 Å². The summed E-state index contributed by atoms with van der Waals surface area (Å²) in [5.74, 6) is 0. The lowest BCUT2D eigenvalue weighted by atomic mass is 9.77. The summed E-state index contributed by atoms with van der Waals surface area (Å²) in [6.45, 7) is 8.82. The van der Waals surface area contributed by atoms with Gasteiger partial charge in [0.25, 0.3) is 0 Å². The molecule has 0 bridgehead atoms. The van der Waals surface area contributed by atoms with E-state index in [1.54, 1.807) is 0 Å². The summed E-state index contributed by atoms with van der Waals surface area (Å²) in [6, 6.07) is 14.9. The van der Waals surface area contributed by atoms with Crippen LogP contribution < -0.4 is 5.73 Å². The molecule has 0 atom stereocenters. The van der Waals surface area contributed by atoms with Crippen molar-refractivity contribution in [1.82, 2.24) is 0 Å². The number of hydrogen-bond donors (Lipinski definition) is 1. The fraction of sp³-hybridized carbons (Fsp3) is 0.294. The Morgan fingerprint density at radius 1 is 0.778 bits per heavy atom. The maximum absolute atomic E-state index is 5.75. The normalized spacial score (nSPS) is 11.6. The SMILES string of the molecule is Cc1ccc(C(C)(C)c2ccc(N)cc2)cc1C. The van der Waals surface area contributed by atoms with Gasteiger partial charge in [-0.15, -0.1) is 0 Å². The smallest absolute Gasteiger partial charge is 0.0314 e. The Morgan fingerprint density at radius 3 is 1.89 bits per heavy atom. The van der Waals surface area contributed by atoms with E-state index in [4.69, 9.17) is 5.73 Å². The number of hydrogen-bond acceptors (Lipinski definition) is 1. The first kappa shape index (κ1) is 12.7. The van der Waals surface area contributed by atoms with E-state index in [9.17, 15) is 0 Å². The molecule has 18 heavy (non-hydrogen) atoms. The van der Waals surface area contributed by atoms with Crippen molar-refractivity contribution < 1.29 is 0 Å². The first-order valence-corrected chi connectivity index (χ1v) is 6.35. The number of benzene rings is 2. The molecule has 0 saturated heterocycles. The standard InChI is InChI=1S/C17H21N/c1-12-5-6-15(11-13(12)2)17(3,4)14-7-9-16(18)10-8-14/h5-11H,18H2,1-4H3. The molecule has 0 amide bonds. The summed E-state index contributed by atoms with van der Waals surface area (Å²) in [7, 11) is 0. The second-order valence-electron chi connectivity index (χ2n) is 5.55. The number of rotatable bonds is 2. The van der Waals surface area contributed by atoms with E-state index in [2.05, 4.69) is 58.0 Å². The first-order chi connectivity index (χ1) is 8.41. The molecule has 0 fully saturated rings. The Kier molecular flexibility index (Phi) is 3.16. The third-order valence-corrected chi connectivity index (χ3v) is 3.86. The second-order valence-corrected chi connectivity index (χ2v) is 5.55. The molecule has 1 nitrogen and oxygen atoms in total. The van der Waals surface area contributed by atoms with Gasteiger partial charge >= 0.3 is 0 Å². The van der Waals surface area contributed by atoms with Crippen molar-refractivity contribution in [2.75, 3.05) is 5.73 Å². The summed E-state index contributed by atoms with van der Waals surface area (Å²) in [5.41, 5.74) is 11.9. The molecule has 1 heteroatoms. The number of nitrogens with two attached hydrogens (primary N) is 1. The van der Waals surface area contributed by atoms with Crippen molar-refractivity contribution >= 4 is 5.69 Å². The molecule has 2 N–H and O–H groups in total. The molecule has 0 heterocycles. The van der Waals surface area contributed by atoms with Crippen LogP contribution in [-0.4, -0.2) is 0 Å². The van der Waals surface area contributed by atoms with Crippen LogP contribution in [0.1, 0.15) is 36.1 Å². The van der Waals surface area contributed by atoms with Gasteiger partial charge in [0.05, 0.1) is 0 Å².